The molecular formula is C11H24. The molecule has 0 nitrogen and oxygen atoms in total. The molecule has 0 bridgehead atoms. The van der Waals surface area contributed by atoms with Crippen LogP contribution in [-0.2, 0) is 0 Å². The Hall–Kier alpha value is 0. The first kappa shape index (κ1) is 11.0. The van der Waals surface area contributed by atoms with E-state index in [0.29, 0.717) is 0 Å². The van der Waals surface area contributed by atoms with Gasteiger partial charge < -0.3 is 0 Å². The van der Waals surface area contributed by atoms with Gasteiger partial charge in [-0.3, -0.25) is 0 Å². The standard InChI is InChI=1S/C11H24/c1-4-7-8-10-11(6-3)9-5-2/h11H,4-10H2,1-3H3/t11-/m1/s1. The maximum Gasteiger partial charge on any atom is -0.0417 e. The first-order valence-corrected chi connectivity index (χ1v) is 5.35. The van der Waals surface area contributed by atoms with Crippen molar-refractivity contribution in [3.63, 3.8) is 0 Å². The molecule has 0 heterocycles. The molecule has 0 saturated carbocycles. The Kier molecular flexibility index (Phi) is 8.10. The molecule has 0 fully saturated rings. The lowest BCUT2D eigenvalue weighted by Gasteiger charge is -2.12. The highest BCUT2D eigenvalue weighted by molar-refractivity contribution is 4.56. The quantitative estimate of drug-likeness (QED) is 0.479. The third-order valence-corrected chi connectivity index (χ3v) is 2.49. The van der Waals surface area contributed by atoms with Crippen molar-refractivity contribution in [3.8, 4) is 0 Å². The molecule has 0 amide bonds. The zero-order valence-corrected chi connectivity index (χ0v) is 8.53. The Labute approximate surface area is 72.4 Å². The first-order valence-electron chi connectivity index (χ1n) is 5.35. The van der Waals surface area contributed by atoms with Gasteiger partial charge in [0.25, 0.3) is 0 Å². The molecule has 0 aromatic carbocycles. The SMILES string of the molecule is CCCCC[C@H](CC)CCC. The van der Waals surface area contributed by atoms with Crippen LogP contribution >= 0.6 is 0 Å². The van der Waals surface area contributed by atoms with Gasteiger partial charge in [0.05, 0.1) is 0 Å². The van der Waals surface area contributed by atoms with Crippen molar-refractivity contribution in [2.45, 2.75) is 65.7 Å². The number of hydrogen-bond acceptors (Lipinski definition) is 0. The van der Waals surface area contributed by atoms with E-state index >= 15 is 0 Å². The second kappa shape index (κ2) is 8.10. The van der Waals surface area contributed by atoms with E-state index in [1.165, 1.54) is 44.9 Å². The average molecular weight is 156 g/mol. The molecular weight excluding hydrogens is 132 g/mol. The second-order valence-electron chi connectivity index (χ2n) is 3.56. The van der Waals surface area contributed by atoms with E-state index < -0.39 is 0 Å². The summed E-state index contributed by atoms with van der Waals surface area (Å²) in [6.45, 7) is 6.90. The summed E-state index contributed by atoms with van der Waals surface area (Å²) in [6.07, 6.45) is 9.92. The monoisotopic (exact) mass is 156 g/mol. The molecule has 0 spiro atoms. The minimum Gasteiger partial charge on any atom is -0.0654 e. The van der Waals surface area contributed by atoms with Crippen molar-refractivity contribution in [1.82, 2.24) is 0 Å². The van der Waals surface area contributed by atoms with E-state index in [9.17, 15) is 0 Å². The van der Waals surface area contributed by atoms with Crippen LogP contribution in [0, 0.1) is 5.92 Å². The van der Waals surface area contributed by atoms with Crippen molar-refractivity contribution in [3.05, 3.63) is 0 Å². The van der Waals surface area contributed by atoms with E-state index in [4.69, 9.17) is 0 Å². The van der Waals surface area contributed by atoms with Crippen LogP contribution in [0.3, 0.4) is 0 Å². The summed E-state index contributed by atoms with van der Waals surface area (Å²) >= 11 is 0. The molecule has 0 N–H and O–H groups in total. The maximum absolute atomic E-state index is 2.33. The zero-order chi connectivity index (χ0) is 8.53. The molecule has 0 aromatic rings. The van der Waals surface area contributed by atoms with Crippen LogP contribution in [0.1, 0.15) is 65.7 Å². The van der Waals surface area contributed by atoms with E-state index in [-0.39, 0.29) is 0 Å². The summed E-state index contributed by atoms with van der Waals surface area (Å²) in [6, 6.07) is 0. The van der Waals surface area contributed by atoms with Crippen LogP contribution in [0.2, 0.25) is 0 Å². The first-order chi connectivity index (χ1) is 5.35. The molecule has 0 aliphatic carbocycles. The highest BCUT2D eigenvalue weighted by Crippen LogP contribution is 2.18. The van der Waals surface area contributed by atoms with E-state index in [0.717, 1.165) is 5.92 Å². The van der Waals surface area contributed by atoms with Gasteiger partial charge in [-0.15, -0.1) is 0 Å². The number of hydrogen-bond donors (Lipinski definition) is 0. The molecule has 11 heavy (non-hydrogen) atoms. The fourth-order valence-electron chi connectivity index (χ4n) is 1.64. The van der Waals surface area contributed by atoms with Crippen LogP contribution < -0.4 is 0 Å². The van der Waals surface area contributed by atoms with Crippen LogP contribution in [-0.4, -0.2) is 0 Å². The minimum absolute atomic E-state index is 1.02. The fourth-order valence-corrected chi connectivity index (χ4v) is 1.64. The Morgan fingerprint density at radius 3 is 2.00 bits per heavy atom. The van der Waals surface area contributed by atoms with Crippen LogP contribution in [0.15, 0.2) is 0 Å². The highest BCUT2D eigenvalue weighted by atomic mass is 14.1. The van der Waals surface area contributed by atoms with Crippen molar-refractivity contribution in [1.29, 1.82) is 0 Å². The fraction of sp³-hybridized carbons (Fsp3) is 1.00. The maximum atomic E-state index is 2.33. The van der Waals surface area contributed by atoms with Gasteiger partial charge in [0, 0.05) is 0 Å². The molecule has 0 unspecified atom stereocenters. The van der Waals surface area contributed by atoms with Crippen molar-refractivity contribution < 1.29 is 0 Å². The van der Waals surface area contributed by atoms with Crippen LogP contribution in [0.25, 0.3) is 0 Å². The largest absolute Gasteiger partial charge is 0.0654 e. The van der Waals surface area contributed by atoms with Gasteiger partial charge in [-0.05, 0) is 5.92 Å². The molecule has 0 saturated heterocycles. The molecule has 0 aliphatic heterocycles. The van der Waals surface area contributed by atoms with Gasteiger partial charge in [0.1, 0.15) is 0 Å². The summed E-state index contributed by atoms with van der Waals surface area (Å²) < 4.78 is 0. The Bertz CT molecular complexity index is 66.4. The van der Waals surface area contributed by atoms with Crippen LogP contribution in [0.4, 0.5) is 0 Å². The van der Waals surface area contributed by atoms with Gasteiger partial charge in [0.2, 0.25) is 0 Å². The zero-order valence-electron chi connectivity index (χ0n) is 8.53. The Morgan fingerprint density at radius 1 is 0.818 bits per heavy atom. The summed E-state index contributed by atoms with van der Waals surface area (Å²) in [5.41, 5.74) is 0. The number of unbranched alkanes of at least 4 members (excludes halogenated alkanes) is 2. The predicted molar refractivity (Wildman–Crippen MR) is 52.8 cm³/mol. The van der Waals surface area contributed by atoms with Crippen molar-refractivity contribution in [2.24, 2.45) is 5.92 Å². The number of rotatable bonds is 7. The van der Waals surface area contributed by atoms with Crippen LogP contribution in [0.5, 0.6) is 0 Å². The summed E-state index contributed by atoms with van der Waals surface area (Å²) in [5, 5.41) is 0. The lowest BCUT2D eigenvalue weighted by Crippen LogP contribution is -1.97. The highest BCUT2D eigenvalue weighted by Gasteiger charge is 2.03. The molecule has 1 atom stereocenters. The van der Waals surface area contributed by atoms with E-state index in [2.05, 4.69) is 20.8 Å². The van der Waals surface area contributed by atoms with Gasteiger partial charge in [-0.25, -0.2) is 0 Å². The molecule has 0 aromatic heterocycles. The smallest absolute Gasteiger partial charge is 0.0417 e. The van der Waals surface area contributed by atoms with E-state index in [1.54, 1.807) is 0 Å². The van der Waals surface area contributed by atoms with E-state index in [1.807, 2.05) is 0 Å². The van der Waals surface area contributed by atoms with Gasteiger partial charge in [-0.2, -0.15) is 0 Å². The topological polar surface area (TPSA) is 0 Å². The predicted octanol–water partition coefficient (Wildman–Crippen LogP) is 4.39. The Morgan fingerprint density at radius 2 is 1.55 bits per heavy atom. The molecule has 0 rings (SSSR count). The Balaban J connectivity index is 3.20. The summed E-state index contributed by atoms with van der Waals surface area (Å²) in [7, 11) is 0. The van der Waals surface area contributed by atoms with Gasteiger partial charge in [0.15, 0.2) is 0 Å². The average Bonchev–Trinajstić information content (AvgIpc) is 2.03. The summed E-state index contributed by atoms with van der Waals surface area (Å²) in [5.74, 6) is 1.02. The minimum atomic E-state index is 1.02. The molecule has 0 aliphatic rings. The molecule has 0 radical (unpaired) electrons. The molecule has 68 valence electrons. The second-order valence-corrected chi connectivity index (χ2v) is 3.56. The lowest BCUT2D eigenvalue weighted by molar-refractivity contribution is 0.412. The van der Waals surface area contributed by atoms with Crippen molar-refractivity contribution >= 4 is 0 Å². The lowest BCUT2D eigenvalue weighted by atomic mass is 9.94. The van der Waals surface area contributed by atoms with Gasteiger partial charge in [-0.1, -0.05) is 65.7 Å². The third kappa shape index (κ3) is 6.40. The summed E-state index contributed by atoms with van der Waals surface area (Å²) in [4.78, 5) is 0. The normalized spacial score (nSPS) is 13.4. The van der Waals surface area contributed by atoms with Crippen molar-refractivity contribution in [2.75, 3.05) is 0 Å². The third-order valence-electron chi connectivity index (χ3n) is 2.49. The molecule has 0 heteroatoms. The van der Waals surface area contributed by atoms with Gasteiger partial charge >= 0.3 is 0 Å².